The molecule has 0 radical (unpaired) electrons. The van der Waals surface area contributed by atoms with Crippen LogP contribution in [0, 0.1) is 13.8 Å². The number of likely N-dealkylation sites (tertiary alicyclic amines) is 1. The van der Waals surface area contributed by atoms with E-state index in [4.69, 9.17) is 0 Å². The highest BCUT2D eigenvalue weighted by molar-refractivity contribution is 6.06. The van der Waals surface area contributed by atoms with E-state index in [0.717, 1.165) is 73.7 Å². The first-order valence-electron chi connectivity index (χ1n) is 9.09. The number of halogens is 2. The van der Waals surface area contributed by atoms with E-state index in [2.05, 4.69) is 20.3 Å². The number of carbonyl (C=O) groups excluding carboxylic acids is 1. The standard InChI is InChI=1S/C18H26N6O.2ClH/c1-12-10-15(16-13(2)21-22(3)17(16)20-12)18(25)24-7-4-14(11-24)23-8-5-19-6-9-23;;/h10,14,19H,4-9,11H2,1-3H3;2*1H. The number of aromatic nitrogens is 3. The molecule has 9 heteroatoms. The highest BCUT2D eigenvalue weighted by Crippen LogP contribution is 2.25. The number of nitrogens with zero attached hydrogens (tertiary/aromatic N) is 5. The number of hydrogen-bond acceptors (Lipinski definition) is 5. The molecule has 1 N–H and O–H groups in total. The van der Waals surface area contributed by atoms with Crippen LogP contribution in [0.4, 0.5) is 0 Å². The number of pyridine rings is 1. The Morgan fingerprint density at radius 3 is 2.59 bits per heavy atom. The lowest BCUT2D eigenvalue weighted by atomic mass is 10.1. The topological polar surface area (TPSA) is 66.3 Å². The molecule has 2 aliphatic rings. The molecule has 2 aromatic heterocycles. The minimum absolute atomic E-state index is 0. The molecule has 2 aromatic rings. The lowest BCUT2D eigenvalue weighted by Crippen LogP contribution is -2.49. The molecule has 2 aliphatic heterocycles. The Bertz CT molecular complexity index is 818. The van der Waals surface area contributed by atoms with Gasteiger partial charge in [-0.15, -0.1) is 24.8 Å². The van der Waals surface area contributed by atoms with Crippen LogP contribution in [-0.2, 0) is 7.05 Å². The second kappa shape index (κ2) is 8.73. The summed E-state index contributed by atoms with van der Waals surface area (Å²) in [6.45, 7) is 9.78. The molecule has 7 nitrogen and oxygen atoms in total. The van der Waals surface area contributed by atoms with E-state index in [1.54, 1.807) is 4.68 Å². The molecule has 4 heterocycles. The molecule has 1 amide bonds. The van der Waals surface area contributed by atoms with Crippen molar-refractivity contribution in [3.63, 3.8) is 0 Å². The Labute approximate surface area is 172 Å². The zero-order chi connectivity index (χ0) is 17.6. The van der Waals surface area contributed by atoms with Crippen LogP contribution in [-0.4, -0.2) is 75.8 Å². The van der Waals surface area contributed by atoms with Crippen LogP contribution in [0.2, 0.25) is 0 Å². The van der Waals surface area contributed by atoms with E-state index in [-0.39, 0.29) is 30.7 Å². The summed E-state index contributed by atoms with van der Waals surface area (Å²) in [5.41, 5.74) is 3.26. The van der Waals surface area contributed by atoms with Crippen molar-refractivity contribution in [2.45, 2.75) is 26.3 Å². The van der Waals surface area contributed by atoms with E-state index in [0.29, 0.717) is 6.04 Å². The quantitative estimate of drug-likeness (QED) is 0.807. The summed E-state index contributed by atoms with van der Waals surface area (Å²) < 4.78 is 1.77. The van der Waals surface area contributed by atoms with Gasteiger partial charge >= 0.3 is 0 Å². The smallest absolute Gasteiger partial charge is 0.254 e. The Kier molecular flexibility index (Phi) is 7.08. The number of nitrogens with one attached hydrogen (secondary N) is 1. The summed E-state index contributed by atoms with van der Waals surface area (Å²) in [6.07, 6.45) is 1.06. The second-order valence-corrected chi connectivity index (χ2v) is 7.20. The Morgan fingerprint density at radius 2 is 1.89 bits per heavy atom. The van der Waals surface area contributed by atoms with E-state index < -0.39 is 0 Å². The van der Waals surface area contributed by atoms with Crippen LogP contribution in [0.3, 0.4) is 0 Å². The number of rotatable bonds is 2. The van der Waals surface area contributed by atoms with Crippen molar-refractivity contribution < 1.29 is 4.79 Å². The highest BCUT2D eigenvalue weighted by atomic mass is 35.5. The molecule has 0 aliphatic carbocycles. The molecule has 4 rings (SSSR count). The normalized spacial score (nSPS) is 20.4. The summed E-state index contributed by atoms with van der Waals surface area (Å²) in [4.78, 5) is 22.3. The fourth-order valence-electron chi connectivity index (χ4n) is 4.18. The fourth-order valence-corrected chi connectivity index (χ4v) is 4.18. The lowest BCUT2D eigenvalue weighted by Gasteiger charge is -2.32. The molecule has 1 unspecified atom stereocenters. The van der Waals surface area contributed by atoms with Gasteiger partial charge in [0, 0.05) is 58.1 Å². The number of fused-ring (bicyclic) bond motifs is 1. The maximum Gasteiger partial charge on any atom is 0.254 e. The van der Waals surface area contributed by atoms with Gasteiger partial charge in [0.2, 0.25) is 0 Å². The Balaban J connectivity index is 0.00000131. The van der Waals surface area contributed by atoms with Gasteiger partial charge in [0.15, 0.2) is 5.65 Å². The lowest BCUT2D eigenvalue weighted by molar-refractivity contribution is 0.0775. The third-order valence-electron chi connectivity index (χ3n) is 5.45. The van der Waals surface area contributed by atoms with Gasteiger partial charge in [0.05, 0.1) is 16.6 Å². The van der Waals surface area contributed by atoms with Gasteiger partial charge in [-0.05, 0) is 26.3 Å². The Hall–Kier alpha value is -1.41. The van der Waals surface area contributed by atoms with Crippen molar-refractivity contribution in [1.29, 1.82) is 0 Å². The monoisotopic (exact) mass is 414 g/mol. The van der Waals surface area contributed by atoms with Crippen molar-refractivity contribution in [2.24, 2.45) is 7.05 Å². The van der Waals surface area contributed by atoms with Crippen molar-refractivity contribution in [1.82, 2.24) is 29.9 Å². The predicted molar refractivity (Wildman–Crippen MR) is 111 cm³/mol. The average molecular weight is 415 g/mol. The zero-order valence-corrected chi connectivity index (χ0v) is 17.7. The SMILES string of the molecule is Cc1cc(C(=O)N2CCC(N3CCNCC3)C2)c2c(C)nn(C)c2n1.Cl.Cl. The summed E-state index contributed by atoms with van der Waals surface area (Å²) in [5, 5.41) is 8.74. The van der Waals surface area contributed by atoms with Crippen LogP contribution >= 0.6 is 24.8 Å². The molecule has 2 saturated heterocycles. The molecule has 0 saturated carbocycles. The number of piperazine rings is 1. The maximum atomic E-state index is 13.2. The highest BCUT2D eigenvalue weighted by Gasteiger charge is 2.32. The molecule has 27 heavy (non-hydrogen) atoms. The predicted octanol–water partition coefficient (Wildman–Crippen LogP) is 1.55. The van der Waals surface area contributed by atoms with Crippen molar-refractivity contribution in [2.75, 3.05) is 39.3 Å². The average Bonchev–Trinajstić information content (AvgIpc) is 3.20. The van der Waals surface area contributed by atoms with E-state index >= 15 is 0 Å². The summed E-state index contributed by atoms with van der Waals surface area (Å²) in [7, 11) is 1.88. The van der Waals surface area contributed by atoms with E-state index in [9.17, 15) is 4.79 Å². The molecule has 0 aromatic carbocycles. The van der Waals surface area contributed by atoms with E-state index in [1.165, 1.54) is 0 Å². The summed E-state index contributed by atoms with van der Waals surface area (Å²) >= 11 is 0. The Morgan fingerprint density at radius 1 is 1.19 bits per heavy atom. The first kappa shape index (κ1) is 21.9. The molecule has 0 spiro atoms. The van der Waals surface area contributed by atoms with Gasteiger partial charge in [-0.2, -0.15) is 5.10 Å². The van der Waals surface area contributed by atoms with Crippen LogP contribution in [0.15, 0.2) is 6.07 Å². The van der Waals surface area contributed by atoms with Gasteiger partial charge in [-0.1, -0.05) is 0 Å². The third-order valence-corrected chi connectivity index (χ3v) is 5.45. The van der Waals surface area contributed by atoms with Gasteiger partial charge in [0.1, 0.15) is 0 Å². The summed E-state index contributed by atoms with van der Waals surface area (Å²) in [6, 6.07) is 2.40. The molecular weight excluding hydrogens is 387 g/mol. The first-order chi connectivity index (χ1) is 12.0. The zero-order valence-electron chi connectivity index (χ0n) is 16.1. The third kappa shape index (κ3) is 4.06. The van der Waals surface area contributed by atoms with Gasteiger partial charge in [0.25, 0.3) is 5.91 Å². The van der Waals surface area contributed by atoms with Gasteiger partial charge in [-0.3, -0.25) is 14.4 Å². The van der Waals surface area contributed by atoms with Crippen LogP contribution in [0.25, 0.3) is 11.0 Å². The summed E-state index contributed by atoms with van der Waals surface area (Å²) in [5.74, 6) is 0.115. The van der Waals surface area contributed by atoms with Crippen LogP contribution < -0.4 is 5.32 Å². The minimum Gasteiger partial charge on any atom is -0.337 e. The number of hydrogen-bond donors (Lipinski definition) is 1. The largest absolute Gasteiger partial charge is 0.337 e. The number of carbonyl (C=O) groups is 1. The molecule has 150 valence electrons. The van der Waals surface area contributed by atoms with Crippen LogP contribution in [0.5, 0.6) is 0 Å². The fraction of sp³-hybridized carbons (Fsp3) is 0.611. The molecular formula is C18H28Cl2N6O. The van der Waals surface area contributed by atoms with Crippen molar-refractivity contribution in [3.8, 4) is 0 Å². The maximum absolute atomic E-state index is 13.2. The minimum atomic E-state index is 0. The number of amides is 1. The first-order valence-corrected chi connectivity index (χ1v) is 9.09. The van der Waals surface area contributed by atoms with Crippen molar-refractivity contribution >= 4 is 41.8 Å². The molecule has 0 bridgehead atoms. The molecule has 1 atom stereocenters. The second-order valence-electron chi connectivity index (χ2n) is 7.20. The van der Waals surface area contributed by atoms with Gasteiger partial charge < -0.3 is 10.2 Å². The van der Waals surface area contributed by atoms with Gasteiger partial charge in [-0.25, -0.2) is 4.98 Å². The van der Waals surface area contributed by atoms with Crippen molar-refractivity contribution in [3.05, 3.63) is 23.0 Å². The molecule has 2 fully saturated rings. The van der Waals surface area contributed by atoms with E-state index in [1.807, 2.05) is 31.9 Å². The van der Waals surface area contributed by atoms with Crippen LogP contribution in [0.1, 0.15) is 28.2 Å². The number of aryl methyl sites for hydroxylation is 3.